The van der Waals surface area contributed by atoms with E-state index in [1.54, 1.807) is 19.1 Å². The van der Waals surface area contributed by atoms with Gasteiger partial charge in [-0.05, 0) is 25.1 Å². The summed E-state index contributed by atoms with van der Waals surface area (Å²) < 4.78 is 0. The average Bonchev–Trinajstić information content (AvgIpc) is 2.37. The zero-order valence-electron chi connectivity index (χ0n) is 10.2. The molecular weight excluding hydrogens is 311 g/mol. The lowest BCUT2D eigenvalue weighted by Crippen LogP contribution is -2.37. The molecule has 0 aliphatic carbocycles. The number of carbonyl (C=O) groups excluding carboxylic acids is 2. The summed E-state index contributed by atoms with van der Waals surface area (Å²) in [5, 5.41) is 5.33. The van der Waals surface area contributed by atoms with E-state index in [2.05, 4.69) is 10.6 Å². The summed E-state index contributed by atoms with van der Waals surface area (Å²) in [6, 6.07) is 4.61. The van der Waals surface area contributed by atoms with Gasteiger partial charge in [0.15, 0.2) is 0 Å². The molecule has 1 unspecified atom stereocenters. The molecule has 0 saturated heterocycles. The van der Waals surface area contributed by atoms with E-state index < -0.39 is 5.38 Å². The van der Waals surface area contributed by atoms with Gasteiger partial charge in [0.25, 0.3) is 5.91 Å². The van der Waals surface area contributed by atoms with Gasteiger partial charge >= 0.3 is 0 Å². The largest absolute Gasteiger partial charge is 0.353 e. The highest BCUT2D eigenvalue weighted by molar-refractivity contribution is 6.42. The molecule has 0 radical (unpaired) electrons. The molecule has 7 heteroatoms. The van der Waals surface area contributed by atoms with Crippen molar-refractivity contribution in [1.82, 2.24) is 10.6 Å². The van der Waals surface area contributed by atoms with Crippen molar-refractivity contribution in [2.75, 3.05) is 13.1 Å². The third-order valence-electron chi connectivity index (χ3n) is 2.25. The second kappa shape index (κ2) is 7.58. The predicted molar refractivity (Wildman–Crippen MR) is 77.1 cm³/mol. The Bertz CT molecular complexity index is 478. The van der Waals surface area contributed by atoms with Crippen LogP contribution < -0.4 is 10.6 Å². The van der Waals surface area contributed by atoms with Crippen molar-refractivity contribution < 1.29 is 9.59 Å². The molecule has 0 aliphatic heterocycles. The second-order valence-corrected chi connectivity index (χ2v) is 5.26. The monoisotopic (exact) mass is 322 g/mol. The molecule has 0 aliphatic rings. The van der Waals surface area contributed by atoms with Crippen LogP contribution in [0.3, 0.4) is 0 Å². The van der Waals surface area contributed by atoms with E-state index >= 15 is 0 Å². The van der Waals surface area contributed by atoms with Crippen LogP contribution in [0.4, 0.5) is 0 Å². The third kappa shape index (κ3) is 5.27. The van der Waals surface area contributed by atoms with Gasteiger partial charge in [-0.3, -0.25) is 9.59 Å². The molecule has 1 aromatic rings. The second-order valence-electron chi connectivity index (χ2n) is 3.79. The van der Waals surface area contributed by atoms with Crippen molar-refractivity contribution in [1.29, 1.82) is 0 Å². The van der Waals surface area contributed by atoms with E-state index in [1.165, 1.54) is 6.07 Å². The molecule has 4 nitrogen and oxygen atoms in total. The maximum Gasteiger partial charge on any atom is 0.251 e. The van der Waals surface area contributed by atoms with E-state index in [-0.39, 0.29) is 11.8 Å². The van der Waals surface area contributed by atoms with Crippen LogP contribution in [0.15, 0.2) is 18.2 Å². The molecule has 1 aromatic carbocycles. The van der Waals surface area contributed by atoms with Gasteiger partial charge in [0.1, 0.15) is 5.38 Å². The van der Waals surface area contributed by atoms with E-state index in [9.17, 15) is 9.59 Å². The molecule has 1 rings (SSSR count). The molecule has 0 fully saturated rings. The molecule has 1 atom stereocenters. The van der Waals surface area contributed by atoms with Crippen molar-refractivity contribution in [2.24, 2.45) is 0 Å². The van der Waals surface area contributed by atoms with Gasteiger partial charge in [0.05, 0.1) is 10.0 Å². The van der Waals surface area contributed by atoms with Crippen LogP contribution in [0, 0.1) is 0 Å². The Kier molecular flexibility index (Phi) is 6.42. The van der Waals surface area contributed by atoms with Gasteiger partial charge in [-0.2, -0.15) is 0 Å². The average molecular weight is 324 g/mol. The number of alkyl halides is 1. The Balaban J connectivity index is 2.39. The van der Waals surface area contributed by atoms with E-state index in [0.717, 1.165) is 0 Å². The lowest BCUT2D eigenvalue weighted by atomic mass is 10.2. The summed E-state index contributed by atoms with van der Waals surface area (Å²) >= 11 is 17.1. The molecular formula is C12H13Cl3N2O2. The quantitative estimate of drug-likeness (QED) is 0.646. The number of nitrogens with one attached hydrogen (secondary N) is 2. The van der Waals surface area contributed by atoms with E-state index in [4.69, 9.17) is 34.8 Å². The van der Waals surface area contributed by atoms with Crippen molar-refractivity contribution >= 4 is 46.6 Å². The fourth-order valence-corrected chi connectivity index (χ4v) is 1.62. The molecule has 0 spiro atoms. The van der Waals surface area contributed by atoms with Gasteiger partial charge in [0, 0.05) is 18.7 Å². The fourth-order valence-electron chi connectivity index (χ4n) is 1.24. The van der Waals surface area contributed by atoms with Crippen LogP contribution in [0.5, 0.6) is 0 Å². The van der Waals surface area contributed by atoms with Crippen LogP contribution in [-0.2, 0) is 4.79 Å². The van der Waals surface area contributed by atoms with Crippen molar-refractivity contribution in [3.05, 3.63) is 33.8 Å². The predicted octanol–water partition coefficient (Wildman–Crippen LogP) is 2.47. The summed E-state index contributed by atoms with van der Waals surface area (Å²) in [7, 11) is 0. The summed E-state index contributed by atoms with van der Waals surface area (Å²) in [4.78, 5) is 22.9. The highest BCUT2D eigenvalue weighted by Gasteiger charge is 2.09. The van der Waals surface area contributed by atoms with E-state index in [1.807, 2.05) is 0 Å². The lowest BCUT2D eigenvalue weighted by Gasteiger charge is -2.08. The standard InChI is InChI=1S/C12H13Cl3N2O2/c1-7(13)11(18)16-4-5-17-12(19)8-2-3-9(14)10(15)6-8/h2-3,6-7H,4-5H2,1H3,(H,16,18)(H,17,19). The minimum Gasteiger partial charge on any atom is -0.353 e. The topological polar surface area (TPSA) is 58.2 Å². The number of hydrogen-bond acceptors (Lipinski definition) is 2. The smallest absolute Gasteiger partial charge is 0.251 e. The van der Waals surface area contributed by atoms with E-state index in [0.29, 0.717) is 28.7 Å². The Labute approximate surface area is 126 Å². The molecule has 0 heterocycles. The number of hydrogen-bond donors (Lipinski definition) is 2. The molecule has 2 N–H and O–H groups in total. The van der Waals surface area contributed by atoms with Crippen LogP contribution in [0.2, 0.25) is 10.0 Å². The van der Waals surface area contributed by atoms with Gasteiger partial charge in [-0.1, -0.05) is 23.2 Å². The first-order valence-corrected chi connectivity index (χ1v) is 6.76. The Morgan fingerprint density at radius 2 is 1.79 bits per heavy atom. The van der Waals surface area contributed by atoms with Crippen molar-refractivity contribution in [3.8, 4) is 0 Å². The number of amides is 2. The highest BCUT2D eigenvalue weighted by atomic mass is 35.5. The molecule has 2 amide bonds. The summed E-state index contributed by atoms with van der Waals surface area (Å²) in [6.45, 7) is 2.18. The SMILES string of the molecule is CC(Cl)C(=O)NCCNC(=O)c1ccc(Cl)c(Cl)c1. The highest BCUT2D eigenvalue weighted by Crippen LogP contribution is 2.22. The Morgan fingerprint density at radius 1 is 1.16 bits per heavy atom. The molecule has 0 saturated carbocycles. The van der Waals surface area contributed by atoms with Crippen molar-refractivity contribution in [3.63, 3.8) is 0 Å². The zero-order valence-corrected chi connectivity index (χ0v) is 12.4. The zero-order chi connectivity index (χ0) is 14.4. The third-order valence-corrected chi connectivity index (χ3v) is 3.19. The molecule has 104 valence electrons. The summed E-state index contributed by atoms with van der Waals surface area (Å²) in [5.41, 5.74) is 0.409. The van der Waals surface area contributed by atoms with Crippen LogP contribution in [0.25, 0.3) is 0 Å². The van der Waals surface area contributed by atoms with Gasteiger partial charge < -0.3 is 10.6 Å². The van der Waals surface area contributed by atoms with Gasteiger partial charge in [0.2, 0.25) is 5.91 Å². The molecule has 0 bridgehead atoms. The van der Waals surface area contributed by atoms with Gasteiger partial charge in [-0.15, -0.1) is 11.6 Å². The number of halogens is 3. The maximum atomic E-state index is 11.7. The van der Waals surface area contributed by atoms with Crippen LogP contribution in [0.1, 0.15) is 17.3 Å². The van der Waals surface area contributed by atoms with Crippen molar-refractivity contribution in [2.45, 2.75) is 12.3 Å². The number of benzene rings is 1. The van der Waals surface area contributed by atoms with Crippen LogP contribution in [-0.4, -0.2) is 30.3 Å². The summed E-state index contributed by atoms with van der Waals surface area (Å²) in [6.07, 6.45) is 0. The fraction of sp³-hybridized carbons (Fsp3) is 0.333. The minimum atomic E-state index is -0.592. The maximum absolute atomic E-state index is 11.7. The first-order chi connectivity index (χ1) is 8.91. The van der Waals surface area contributed by atoms with Gasteiger partial charge in [-0.25, -0.2) is 0 Å². The lowest BCUT2D eigenvalue weighted by molar-refractivity contribution is -0.120. The molecule has 0 aromatic heterocycles. The first-order valence-electron chi connectivity index (χ1n) is 5.57. The number of rotatable bonds is 5. The Morgan fingerprint density at radius 3 is 2.37 bits per heavy atom. The molecule has 19 heavy (non-hydrogen) atoms. The minimum absolute atomic E-state index is 0.273. The van der Waals surface area contributed by atoms with Crippen LogP contribution >= 0.6 is 34.8 Å². The Hall–Kier alpha value is -0.970. The first kappa shape index (κ1) is 16.1. The normalized spacial score (nSPS) is 11.8. The number of carbonyl (C=O) groups is 2. The summed E-state index contributed by atoms with van der Waals surface area (Å²) in [5.74, 6) is -0.558.